The summed E-state index contributed by atoms with van der Waals surface area (Å²) < 4.78 is 27.5. The van der Waals surface area contributed by atoms with E-state index in [0.29, 0.717) is 22.0 Å². The van der Waals surface area contributed by atoms with Crippen LogP contribution < -0.4 is 10.0 Å². The van der Waals surface area contributed by atoms with E-state index in [2.05, 4.69) is 31.1 Å². The molecule has 0 aliphatic rings. The minimum absolute atomic E-state index is 0.00592. The van der Waals surface area contributed by atoms with Crippen molar-refractivity contribution in [2.45, 2.75) is 48.8 Å². The highest BCUT2D eigenvalue weighted by Gasteiger charge is 2.20. The van der Waals surface area contributed by atoms with Crippen molar-refractivity contribution < 1.29 is 13.2 Å². The van der Waals surface area contributed by atoms with Gasteiger partial charge in [-0.15, -0.1) is 0 Å². The summed E-state index contributed by atoms with van der Waals surface area (Å²) in [6, 6.07) is 13.1. The molecule has 0 fully saturated rings. The van der Waals surface area contributed by atoms with Crippen LogP contribution in [0, 0.1) is 18.3 Å². The van der Waals surface area contributed by atoms with Crippen LogP contribution in [0.3, 0.4) is 0 Å². The van der Waals surface area contributed by atoms with Crippen molar-refractivity contribution in [3.63, 3.8) is 0 Å². The number of hydrogen-bond acceptors (Lipinski definition) is 8. The van der Waals surface area contributed by atoms with Gasteiger partial charge in [0, 0.05) is 23.3 Å². The third-order valence-corrected chi connectivity index (χ3v) is 7.15. The number of carbonyl (C=O) groups excluding carboxylic acids is 1. The molecule has 2 N–H and O–H groups in total. The fourth-order valence-corrected chi connectivity index (χ4v) is 4.66. The Hall–Kier alpha value is -3.49. The number of sulfonamides is 1. The summed E-state index contributed by atoms with van der Waals surface area (Å²) in [5.74, 6) is -0.124. The second-order valence-electron chi connectivity index (χ2n) is 7.76. The number of nitrogens with one attached hydrogen (secondary N) is 2. The zero-order chi connectivity index (χ0) is 24.9. The molecule has 2 heterocycles. The molecule has 1 unspecified atom stereocenters. The Kier molecular flexibility index (Phi) is 7.86. The van der Waals surface area contributed by atoms with Crippen LogP contribution in [0.5, 0.6) is 0 Å². The maximum Gasteiger partial charge on any atom is 0.264 e. The zero-order valence-electron chi connectivity index (χ0n) is 19.1. The molecule has 0 spiro atoms. The Labute approximate surface area is 203 Å². The molecule has 0 bridgehead atoms. The first-order valence-electron chi connectivity index (χ1n) is 10.4. The SMILES string of the molecule is Cc1ccnc(NS(=O)(=O)c2ccc(NC(=O)C(C)Sc3nc(C(C)C)ccc3C#N)cc2)n1. The molecule has 3 rings (SSSR count). The van der Waals surface area contributed by atoms with Crippen molar-refractivity contribution in [3.8, 4) is 6.07 Å². The number of carbonyl (C=O) groups is 1. The maximum absolute atomic E-state index is 12.7. The third-order valence-electron chi connectivity index (χ3n) is 4.70. The van der Waals surface area contributed by atoms with Gasteiger partial charge in [-0.3, -0.25) is 4.79 Å². The predicted molar refractivity (Wildman–Crippen MR) is 131 cm³/mol. The smallest absolute Gasteiger partial charge is 0.264 e. The Morgan fingerprint density at radius 2 is 1.76 bits per heavy atom. The van der Waals surface area contributed by atoms with Crippen molar-refractivity contribution >= 4 is 39.3 Å². The van der Waals surface area contributed by atoms with Gasteiger partial charge in [-0.1, -0.05) is 25.6 Å². The molecule has 1 amide bonds. The van der Waals surface area contributed by atoms with Crippen molar-refractivity contribution in [1.29, 1.82) is 5.26 Å². The number of thioether (sulfide) groups is 1. The standard InChI is InChI=1S/C23H24N6O3S2/c1-14(2)20-10-5-17(13-24)22(28-20)33-16(4)21(30)27-18-6-8-19(9-7-18)34(31,32)29-23-25-12-11-15(3)26-23/h5-12,14,16H,1-4H3,(H,27,30)(H,25,26,29). The van der Waals surface area contributed by atoms with Gasteiger partial charge in [0.25, 0.3) is 10.0 Å². The molecule has 2 aromatic heterocycles. The van der Waals surface area contributed by atoms with Crippen molar-refractivity contribution in [2.75, 3.05) is 10.0 Å². The normalized spacial score (nSPS) is 12.1. The summed E-state index contributed by atoms with van der Waals surface area (Å²) in [7, 11) is -3.88. The van der Waals surface area contributed by atoms with Gasteiger partial charge in [0.15, 0.2) is 0 Å². The van der Waals surface area contributed by atoms with Crippen LogP contribution in [0.25, 0.3) is 0 Å². The Bertz CT molecular complexity index is 1340. The van der Waals surface area contributed by atoms with E-state index < -0.39 is 15.3 Å². The summed E-state index contributed by atoms with van der Waals surface area (Å²) in [5, 5.41) is 12.1. The quantitative estimate of drug-likeness (QED) is 0.445. The monoisotopic (exact) mass is 496 g/mol. The number of anilines is 2. The van der Waals surface area contributed by atoms with E-state index in [1.807, 2.05) is 19.9 Å². The Balaban J connectivity index is 1.68. The van der Waals surface area contributed by atoms with E-state index in [1.165, 1.54) is 42.2 Å². The van der Waals surface area contributed by atoms with Crippen molar-refractivity contribution in [2.24, 2.45) is 0 Å². The van der Waals surface area contributed by atoms with Crippen LogP contribution in [-0.2, 0) is 14.8 Å². The van der Waals surface area contributed by atoms with Crippen LogP contribution in [0.4, 0.5) is 11.6 Å². The average molecular weight is 497 g/mol. The molecule has 0 saturated carbocycles. The lowest BCUT2D eigenvalue weighted by atomic mass is 10.1. The second-order valence-corrected chi connectivity index (χ2v) is 10.8. The molecule has 34 heavy (non-hydrogen) atoms. The summed E-state index contributed by atoms with van der Waals surface area (Å²) >= 11 is 1.20. The minimum Gasteiger partial charge on any atom is -0.325 e. The number of rotatable bonds is 8. The Morgan fingerprint density at radius 1 is 1.06 bits per heavy atom. The highest BCUT2D eigenvalue weighted by molar-refractivity contribution is 8.00. The van der Waals surface area contributed by atoms with Crippen LogP contribution in [-0.4, -0.2) is 34.5 Å². The second kappa shape index (κ2) is 10.6. The first-order chi connectivity index (χ1) is 16.1. The van der Waals surface area contributed by atoms with E-state index in [-0.39, 0.29) is 22.7 Å². The van der Waals surface area contributed by atoms with E-state index in [0.717, 1.165) is 5.69 Å². The van der Waals surface area contributed by atoms with E-state index in [4.69, 9.17) is 0 Å². The summed E-state index contributed by atoms with van der Waals surface area (Å²) in [4.78, 5) is 25.2. The summed E-state index contributed by atoms with van der Waals surface area (Å²) in [5.41, 5.74) is 2.32. The van der Waals surface area contributed by atoms with Crippen molar-refractivity contribution in [3.05, 3.63) is 65.6 Å². The number of pyridine rings is 1. The van der Waals surface area contributed by atoms with Crippen LogP contribution in [0.15, 0.2) is 58.6 Å². The molecule has 0 saturated heterocycles. The van der Waals surface area contributed by atoms with Crippen LogP contribution >= 0.6 is 11.8 Å². The van der Waals surface area contributed by atoms with Crippen LogP contribution in [0.1, 0.15) is 43.6 Å². The van der Waals surface area contributed by atoms with E-state index in [1.54, 1.807) is 26.0 Å². The topological polar surface area (TPSA) is 138 Å². The van der Waals surface area contributed by atoms with Gasteiger partial charge >= 0.3 is 0 Å². The van der Waals surface area contributed by atoms with Gasteiger partial charge in [0.1, 0.15) is 11.1 Å². The Morgan fingerprint density at radius 3 is 2.38 bits per heavy atom. The molecule has 1 atom stereocenters. The first-order valence-corrected chi connectivity index (χ1v) is 12.8. The number of amides is 1. The predicted octanol–water partition coefficient (Wildman–Crippen LogP) is 4.10. The summed E-state index contributed by atoms with van der Waals surface area (Å²) in [6.07, 6.45) is 1.46. The molecule has 1 aromatic carbocycles. The molecule has 11 heteroatoms. The highest BCUT2D eigenvalue weighted by Crippen LogP contribution is 2.28. The fourth-order valence-electron chi connectivity index (χ4n) is 2.81. The van der Waals surface area contributed by atoms with Gasteiger partial charge in [-0.05, 0) is 62.2 Å². The lowest BCUT2D eigenvalue weighted by molar-refractivity contribution is -0.115. The molecule has 3 aromatic rings. The van der Waals surface area contributed by atoms with Gasteiger partial charge < -0.3 is 5.32 Å². The lowest BCUT2D eigenvalue weighted by Crippen LogP contribution is -2.23. The maximum atomic E-state index is 12.7. The third kappa shape index (κ3) is 6.30. The van der Waals surface area contributed by atoms with E-state index >= 15 is 0 Å². The lowest BCUT2D eigenvalue weighted by Gasteiger charge is -2.14. The number of nitriles is 1. The van der Waals surface area contributed by atoms with Gasteiger partial charge in [-0.2, -0.15) is 5.26 Å². The first kappa shape index (κ1) is 25.1. The molecular weight excluding hydrogens is 472 g/mol. The van der Waals surface area contributed by atoms with Gasteiger partial charge in [0.2, 0.25) is 11.9 Å². The molecule has 9 nitrogen and oxygen atoms in total. The number of benzene rings is 1. The fraction of sp³-hybridized carbons (Fsp3) is 0.261. The van der Waals surface area contributed by atoms with Crippen LogP contribution in [0.2, 0.25) is 0 Å². The molecule has 0 radical (unpaired) electrons. The molecule has 0 aliphatic heterocycles. The van der Waals surface area contributed by atoms with E-state index in [9.17, 15) is 18.5 Å². The number of nitrogens with zero attached hydrogens (tertiary/aromatic N) is 4. The highest BCUT2D eigenvalue weighted by atomic mass is 32.2. The largest absolute Gasteiger partial charge is 0.325 e. The number of aromatic nitrogens is 3. The average Bonchev–Trinajstić information content (AvgIpc) is 2.79. The number of aryl methyl sites for hydroxylation is 1. The zero-order valence-corrected chi connectivity index (χ0v) is 20.7. The molecule has 0 aliphatic carbocycles. The van der Waals surface area contributed by atoms with Crippen molar-refractivity contribution in [1.82, 2.24) is 15.0 Å². The minimum atomic E-state index is -3.88. The van der Waals surface area contributed by atoms with Gasteiger partial charge in [0.05, 0.1) is 15.7 Å². The van der Waals surface area contributed by atoms with Gasteiger partial charge in [-0.25, -0.2) is 28.1 Å². The molecular formula is C23H24N6O3S2. The summed E-state index contributed by atoms with van der Waals surface area (Å²) in [6.45, 7) is 7.46. The molecule has 176 valence electrons. The number of hydrogen-bond donors (Lipinski definition) is 2.